The molecule has 0 aromatic heterocycles. The molecule has 1 fully saturated rings. The summed E-state index contributed by atoms with van der Waals surface area (Å²) >= 11 is 0. The number of amides is 1. The maximum Gasteiger partial charge on any atom is 0.416 e. The highest BCUT2D eigenvalue weighted by atomic mass is 19.4. The number of benzene rings is 1. The van der Waals surface area contributed by atoms with E-state index in [1.807, 2.05) is 13.8 Å². The van der Waals surface area contributed by atoms with Crippen molar-refractivity contribution in [3.05, 3.63) is 35.4 Å². The van der Waals surface area contributed by atoms with Gasteiger partial charge in [-0.1, -0.05) is 19.9 Å². The number of hydrogen-bond acceptors (Lipinski definition) is 2. The van der Waals surface area contributed by atoms with Gasteiger partial charge in [0.25, 0.3) is 5.91 Å². The first kappa shape index (κ1) is 17.8. The molecule has 0 saturated carbocycles. The van der Waals surface area contributed by atoms with E-state index >= 15 is 0 Å². The van der Waals surface area contributed by atoms with Gasteiger partial charge in [0.1, 0.15) is 0 Å². The Kier molecular flexibility index (Phi) is 5.34. The van der Waals surface area contributed by atoms with E-state index in [4.69, 9.17) is 0 Å². The molecule has 1 aromatic carbocycles. The number of carbonyl (C=O) groups excluding carboxylic acids is 1. The molecule has 23 heavy (non-hydrogen) atoms. The maximum atomic E-state index is 12.8. The van der Waals surface area contributed by atoms with E-state index in [0.717, 1.165) is 38.2 Å². The van der Waals surface area contributed by atoms with Crippen LogP contribution in [0.15, 0.2) is 24.3 Å². The average Bonchev–Trinajstić information content (AvgIpc) is 2.43. The molecular weight excluding hydrogens is 305 g/mol. The minimum absolute atomic E-state index is 0.0163. The Balaban J connectivity index is 2.16. The molecule has 0 aliphatic carbocycles. The molecule has 6 heteroatoms. The van der Waals surface area contributed by atoms with Gasteiger partial charge in [0, 0.05) is 25.2 Å². The summed E-state index contributed by atoms with van der Waals surface area (Å²) in [4.78, 5) is 16.4. The topological polar surface area (TPSA) is 23.6 Å². The van der Waals surface area contributed by atoms with Gasteiger partial charge in [-0.05, 0) is 43.6 Å². The molecule has 0 spiro atoms. The smallest absolute Gasteiger partial charge is 0.337 e. The lowest BCUT2D eigenvalue weighted by molar-refractivity contribution is -0.137. The third kappa shape index (κ3) is 4.25. The zero-order valence-electron chi connectivity index (χ0n) is 13.7. The largest absolute Gasteiger partial charge is 0.416 e. The molecule has 2 rings (SSSR count). The summed E-state index contributed by atoms with van der Waals surface area (Å²) in [6, 6.07) is 4.62. The standard InChI is InChI=1S/C17H23F3N2O/c1-12(2)15(11-22-8-5-9-22)21(3)16(23)13-6-4-7-14(10-13)17(18,19)20/h4,6-7,10,12,15H,5,8-9,11H2,1-3H3. The van der Waals surface area contributed by atoms with E-state index < -0.39 is 11.7 Å². The van der Waals surface area contributed by atoms with Crippen LogP contribution in [0.1, 0.15) is 36.2 Å². The quantitative estimate of drug-likeness (QED) is 0.826. The zero-order valence-corrected chi connectivity index (χ0v) is 13.7. The molecule has 0 bridgehead atoms. The third-order valence-corrected chi connectivity index (χ3v) is 4.42. The van der Waals surface area contributed by atoms with Gasteiger partial charge < -0.3 is 9.80 Å². The van der Waals surface area contributed by atoms with Crippen molar-refractivity contribution < 1.29 is 18.0 Å². The number of alkyl halides is 3. The Morgan fingerprint density at radius 3 is 2.43 bits per heavy atom. The van der Waals surface area contributed by atoms with Gasteiger partial charge in [-0.2, -0.15) is 13.2 Å². The number of nitrogens with zero attached hydrogens (tertiary/aromatic N) is 2. The summed E-state index contributed by atoms with van der Waals surface area (Å²) in [6.45, 7) is 6.86. The fourth-order valence-corrected chi connectivity index (χ4v) is 2.79. The van der Waals surface area contributed by atoms with Crippen molar-refractivity contribution in [1.29, 1.82) is 0 Å². The van der Waals surface area contributed by atoms with E-state index in [9.17, 15) is 18.0 Å². The number of rotatable bonds is 5. The highest BCUT2D eigenvalue weighted by Crippen LogP contribution is 2.30. The first-order valence-electron chi connectivity index (χ1n) is 7.87. The molecular formula is C17H23F3N2O. The van der Waals surface area contributed by atoms with Gasteiger partial charge in [0.15, 0.2) is 0 Å². The van der Waals surface area contributed by atoms with Crippen molar-refractivity contribution in [2.45, 2.75) is 32.5 Å². The predicted octanol–water partition coefficient (Wildman–Crippen LogP) is 3.51. The second kappa shape index (κ2) is 6.91. The van der Waals surface area contributed by atoms with E-state index in [0.29, 0.717) is 0 Å². The van der Waals surface area contributed by atoms with Gasteiger partial charge in [0.05, 0.1) is 5.56 Å². The van der Waals surface area contributed by atoms with Crippen molar-refractivity contribution in [3.8, 4) is 0 Å². The number of hydrogen-bond donors (Lipinski definition) is 0. The first-order valence-corrected chi connectivity index (χ1v) is 7.87. The van der Waals surface area contributed by atoms with Crippen LogP contribution in [0.5, 0.6) is 0 Å². The molecule has 0 N–H and O–H groups in total. The Morgan fingerprint density at radius 1 is 1.30 bits per heavy atom. The van der Waals surface area contributed by atoms with Crippen LogP contribution in [0.25, 0.3) is 0 Å². The molecule has 128 valence electrons. The Labute approximate surface area is 135 Å². The van der Waals surface area contributed by atoms with Crippen molar-refractivity contribution in [1.82, 2.24) is 9.80 Å². The van der Waals surface area contributed by atoms with Gasteiger partial charge in [-0.25, -0.2) is 0 Å². The maximum absolute atomic E-state index is 12.8. The second-order valence-corrected chi connectivity index (χ2v) is 6.46. The number of likely N-dealkylation sites (tertiary alicyclic amines) is 1. The van der Waals surface area contributed by atoms with Gasteiger partial charge in [0.2, 0.25) is 0 Å². The van der Waals surface area contributed by atoms with Crippen molar-refractivity contribution in [2.24, 2.45) is 5.92 Å². The fraction of sp³-hybridized carbons (Fsp3) is 0.588. The third-order valence-electron chi connectivity index (χ3n) is 4.42. The lowest BCUT2D eigenvalue weighted by Gasteiger charge is -2.39. The van der Waals surface area contributed by atoms with Crippen LogP contribution in [-0.4, -0.2) is 48.4 Å². The van der Waals surface area contributed by atoms with E-state index in [-0.39, 0.29) is 23.4 Å². The van der Waals surface area contributed by atoms with E-state index in [1.54, 1.807) is 11.9 Å². The van der Waals surface area contributed by atoms with Crippen LogP contribution in [0.3, 0.4) is 0 Å². The average molecular weight is 328 g/mol. The molecule has 1 saturated heterocycles. The summed E-state index contributed by atoms with van der Waals surface area (Å²) in [7, 11) is 1.67. The number of halogens is 3. The van der Waals surface area contributed by atoms with E-state index in [2.05, 4.69) is 4.90 Å². The molecule has 3 nitrogen and oxygen atoms in total. The normalized spacial score (nSPS) is 17.0. The van der Waals surface area contributed by atoms with E-state index in [1.165, 1.54) is 12.1 Å². The summed E-state index contributed by atoms with van der Waals surface area (Å²) in [6.07, 6.45) is -3.28. The van der Waals surface area contributed by atoms with Crippen LogP contribution >= 0.6 is 0 Å². The minimum Gasteiger partial charge on any atom is -0.337 e. The molecule has 1 aliphatic heterocycles. The van der Waals surface area contributed by atoms with Gasteiger partial charge in [-0.15, -0.1) is 0 Å². The zero-order chi connectivity index (χ0) is 17.2. The molecule has 1 unspecified atom stereocenters. The van der Waals surface area contributed by atoms with Crippen LogP contribution in [0.2, 0.25) is 0 Å². The first-order chi connectivity index (χ1) is 10.7. The highest BCUT2D eigenvalue weighted by Gasteiger charge is 2.32. The van der Waals surface area contributed by atoms with Gasteiger partial charge in [-0.3, -0.25) is 4.79 Å². The fourth-order valence-electron chi connectivity index (χ4n) is 2.79. The van der Waals surface area contributed by atoms with Crippen molar-refractivity contribution >= 4 is 5.91 Å². The molecule has 1 aromatic rings. The summed E-state index contributed by atoms with van der Waals surface area (Å²) < 4.78 is 38.4. The Hall–Kier alpha value is -1.56. The Bertz CT molecular complexity index is 553. The van der Waals surface area contributed by atoms with Crippen molar-refractivity contribution in [3.63, 3.8) is 0 Å². The summed E-state index contributed by atoms with van der Waals surface area (Å²) in [5.74, 6) is -0.134. The highest BCUT2D eigenvalue weighted by molar-refractivity contribution is 5.94. The molecule has 1 amide bonds. The minimum atomic E-state index is -4.44. The monoisotopic (exact) mass is 328 g/mol. The molecule has 1 heterocycles. The van der Waals surface area contributed by atoms with Crippen molar-refractivity contribution in [2.75, 3.05) is 26.7 Å². The molecule has 0 radical (unpaired) electrons. The molecule has 1 atom stereocenters. The summed E-state index contributed by atoms with van der Waals surface area (Å²) in [5, 5.41) is 0. The number of likely N-dealkylation sites (N-methyl/N-ethyl adjacent to an activating group) is 1. The van der Waals surface area contributed by atoms with Crippen LogP contribution in [0, 0.1) is 5.92 Å². The SMILES string of the molecule is CC(C)C(CN1CCC1)N(C)C(=O)c1cccc(C(F)(F)F)c1. The predicted molar refractivity (Wildman–Crippen MR) is 83.2 cm³/mol. The van der Waals surface area contributed by atoms with Gasteiger partial charge >= 0.3 is 6.18 Å². The van der Waals surface area contributed by atoms with Crippen LogP contribution in [0.4, 0.5) is 13.2 Å². The second-order valence-electron chi connectivity index (χ2n) is 6.46. The number of carbonyl (C=O) groups is 1. The Morgan fingerprint density at radius 2 is 1.96 bits per heavy atom. The lowest BCUT2D eigenvalue weighted by Crippen LogP contribution is -2.51. The lowest BCUT2D eigenvalue weighted by atomic mass is 9.99. The van der Waals surface area contributed by atoms with Crippen LogP contribution < -0.4 is 0 Å². The van der Waals surface area contributed by atoms with Crippen LogP contribution in [-0.2, 0) is 6.18 Å². The summed E-state index contributed by atoms with van der Waals surface area (Å²) in [5.41, 5.74) is -0.711. The molecule has 1 aliphatic rings.